The quantitative estimate of drug-likeness (QED) is 0.103. The fourth-order valence-electron chi connectivity index (χ4n) is 5.11. The third kappa shape index (κ3) is 16.9. The largest absolute Gasteiger partial charge is 0.119 e. The summed E-state index contributed by atoms with van der Waals surface area (Å²) in [5.41, 5.74) is 0. The van der Waals surface area contributed by atoms with Crippen LogP contribution in [0.4, 0.5) is 0 Å². The molecule has 0 saturated carbocycles. The van der Waals surface area contributed by atoms with Crippen LogP contribution in [0.1, 0.15) is 175 Å². The molecule has 0 N–H and O–H groups in total. The molecule has 182 valence electrons. The maximum absolute atomic E-state index is 7.53. The molecule has 1 atom stereocenters. The number of halogens is 1. The van der Waals surface area contributed by atoms with Crippen LogP contribution in [0.2, 0.25) is 0 Å². The lowest BCUT2D eigenvalue weighted by molar-refractivity contribution is 0.268. The highest BCUT2D eigenvalue weighted by Gasteiger charge is 2.34. The number of unbranched alkanes of at least 4 members (excludes halogenated alkanes) is 15. The van der Waals surface area contributed by atoms with E-state index in [4.69, 9.17) is 11.6 Å². The lowest BCUT2D eigenvalue weighted by Crippen LogP contribution is -2.32. The number of alkyl halides is 1. The Morgan fingerprint density at radius 3 is 1.20 bits per heavy atom. The van der Waals surface area contributed by atoms with Gasteiger partial charge in [-0.2, -0.15) is 0 Å². The van der Waals surface area contributed by atoms with Gasteiger partial charge in [0.05, 0.1) is 0 Å². The van der Waals surface area contributed by atoms with Gasteiger partial charge in [-0.05, 0) is 31.6 Å². The van der Waals surface area contributed by atoms with Crippen LogP contribution in [-0.4, -0.2) is 4.87 Å². The summed E-state index contributed by atoms with van der Waals surface area (Å²) in [6.45, 7) is 9.29. The molecular weight excluding hydrogens is 384 g/mol. The Morgan fingerprint density at radius 1 is 0.433 bits per heavy atom. The molecule has 0 heterocycles. The van der Waals surface area contributed by atoms with Crippen molar-refractivity contribution in [2.24, 2.45) is 5.92 Å². The first-order chi connectivity index (χ1) is 14.6. The second-order valence-corrected chi connectivity index (χ2v) is 10.9. The van der Waals surface area contributed by atoms with E-state index in [9.17, 15) is 0 Å². The molecule has 0 aromatic carbocycles. The third-order valence-electron chi connectivity index (χ3n) is 7.17. The van der Waals surface area contributed by atoms with Gasteiger partial charge in [0.1, 0.15) is 0 Å². The highest BCUT2D eigenvalue weighted by Crippen LogP contribution is 2.42. The van der Waals surface area contributed by atoms with Crippen molar-refractivity contribution in [3.05, 3.63) is 0 Å². The Hall–Kier alpha value is 0.290. The number of hydrogen-bond donors (Lipinski definition) is 0. The van der Waals surface area contributed by atoms with E-state index < -0.39 is 0 Å². The van der Waals surface area contributed by atoms with Crippen molar-refractivity contribution in [1.29, 1.82) is 0 Å². The lowest BCUT2D eigenvalue weighted by atomic mass is 9.77. The van der Waals surface area contributed by atoms with Gasteiger partial charge in [-0.25, -0.2) is 0 Å². The summed E-state index contributed by atoms with van der Waals surface area (Å²) in [5.74, 6) is 0.738. The minimum Gasteiger partial charge on any atom is -0.119 e. The van der Waals surface area contributed by atoms with Crippen molar-refractivity contribution in [2.75, 3.05) is 0 Å². The SMILES string of the molecule is CCCCCCCCC(CCC)C(Cl)(CCCCCCCC)CCCCCCCC. The normalized spacial score (nSPS) is 13.1. The fourth-order valence-corrected chi connectivity index (χ4v) is 5.60. The molecular formula is C29H59Cl. The second-order valence-electron chi connectivity index (χ2n) is 10.1. The first kappa shape index (κ1) is 30.3. The van der Waals surface area contributed by atoms with Crippen molar-refractivity contribution in [3.63, 3.8) is 0 Å². The summed E-state index contributed by atoms with van der Waals surface area (Å²) in [7, 11) is 0. The van der Waals surface area contributed by atoms with Crippen molar-refractivity contribution in [1.82, 2.24) is 0 Å². The Labute approximate surface area is 197 Å². The van der Waals surface area contributed by atoms with Crippen LogP contribution in [0.15, 0.2) is 0 Å². The monoisotopic (exact) mass is 442 g/mol. The summed E-state index contributed by atoms with van der Waals surface area (Å²) in [6.07, 6.45) is 31.6. The van der Waals surface area contributed by atoms with E-state index in [1.807, 2.05) is 0 Å². The predicted octanol–water partition coefficient (Wildman–Crippen LogP) is 11.6. The Balaban J connectivity index is 4.60. The highest BCUT2D eigenvalue weighted by atomic mass is 35.5. The van der Waals surface area contributed by atoms with E-state index >= 15 is 0 Å². The number of rotatable bonds is 24. The van der Waals surface area contributed by atoms with Gasteiger partial charge < -0.3 is 0 Å². The smallest absolute Gasteiger partial charge is 0.0475 e. The molecule has 0 fully saturated rings. The molecule has 1 heteroatoms. The molecule has 0 rings (SSSR count). The summed E-state index contributed by atoms with van der Waals surface area (Å²) in [6, 6.07) is 0. The minimum absolute atomic E-state index is 0.0783. The summed E-state index contributed by atoms with van der Waals surface area (Å²) in [5, 5.41) is 0. The number of hydrogen-bond acceptors (Lipinski definition) is 0. The van der Waals surface area contributed by atoms with Crippen LogP contribution in [0.3, 0.4) is 0 Å². The molecule has 0 aliphatic rings. The average Bonchev–Trinajstić information content (AvgIpc) is 2.74. The molecule has 0 aliphatic carbocycles. The van der Waals surface area contributed by atoms with Gasteiger partial charge in [-0.15, -0.1) is 11.6 Å². The van der Waals surface area contributed by atoms with E-state index in [1.54, 1.807) is 0 Å². The van der Waals surface area contributed by atoms with E-state index in [2.05, 4.69) is 27.7 Å². The maximum Gasteiger partial charge on any atom is 0.0475 e. The van der Waals surface area contributed by atoms with Crippen molar-refractivity contribution in [3.8, 4) is 0 Å². The Kier molecular flexibility index (Phi) is 22.7. The second kappa shape index (κ2) is 22.5. The molecule has 0 aromatic heterocycles. The van der Waals surface area contributed by atoms with E-state index in [0.29, 0.717) is 0 Å². The molecule has 0 aromatic rings. The van der Waals surface area contributed by atoms with Gasteiger partial charge in [0.25, 0.3) is 0 Å². The van der Waals surface area contributed by atoms with Crippen LogP contribution < -0.4 is 0 Å². The van der Waals surface area contributed by atoms with Gasteiger partial charge in [0.2, 0.25) is 0 Å². The van der Waals surface area contributed by atoms with Crippen LogP contribution in [0.25, 0.3) is 0 Å². The van der Waals surface area contributed by atoms with E-state index in [-0.39, 0.29) is 4.87 Å². The molecule has 30 heavy (non-hydrogen) atoms. The van der Waals surface area contributed by atoms with Gasteiger partial charge in [0.15, 0.2) is 0 Å². The van der Waals surface area contributed by atoms with E-state index in [0.717, 1.165) is 5.92 Å². The molecule has 0 amide bonds. The van der Waals surface area contributed by atoms with Gasteiger partial charge >= 0.3 is 0 Å². The molecule has 0 radical (unpaired) electrons. The fraction of sp³-hybridized carbons (Fsp3) is 1.00. The van der Waals surface area contributed by atoms with Crippen molar-refractivity contribution < 1.29 is 0 Å². The molecule has 0 nitrogen and oxygen atoms in total. The standard InChI is InChI=1S/C29H59Cl/c1-5-9-12-15-18-21-25-28(24-8-4)29(30,26-22-19-16-13-10-6-2)27-23-20-17-14-11-7-3/h28H,5-27H2,1-4H3. The molecule has 0 saturated heterocycles. The first-order valence-electron chi connectivity index (χ1n) is 14.3. The van der Waals surface area contributed by atoms with Gasteiger partial charge in [-0.1, -0.05) is 150 Å². The average molecular weight is 443 g/mol. The maximum atomic E-state index is 7.53. The molecule has 0 spiro atoms. The van der Waals surface area contributed by atoms with Crippen LogP contribution in [0, 0.1) is 5.92 Å². The van der Waals surface area contributed by atoms with Crippen LogP contribution in [0.5, 0.6) is 0 Å². The highest BCUT2D eigenvalue weighted by molar-refractivity contribution is 6.24. The summed E-state index contributed by atoms with van der Waals surface area (Å²) < 4.78 is 0. The van der Waals surface area contributed by atoms with Crippen molar-refractivity contribution >= 4 is 11.6 Å². The summed E-state index contributed by atoms with van der Waals surface area (Å²) >= 11 is 7.53. The van der Waals surface area contributed by atoms with Crippen molar-refractivity contribution in [2.45, 2.75) is 180 Å². The predicted molar refractivity (Wildman–Crippen MR) is 141 cm³/mol. The zero-order valence-corrected chi connectivity index (χ0v) is 22.5. The minimum atomic E-state index is 0.0783. The Morgan fingerprint density at radius 2 is 0.800 bits per heavy atom. The van der Waals surface area contributed by atoms with Crippen LogP contribution in [-0.2, 0) is 0 Å². The molecule has 0 aliphatic heterocycles. The lowest BCUT2D eigenvalue weighted by Gasteiger charge is -2.36. The van der Waals surface area contributed by atoms with E-state index in [1.165, 1.54) is 148 Å². The molecule has 1 unspecified atom stereocenters. The summed E-state index contributed by atoms with van der Waals surface area (Å²) in [4.78, 5) is 0.0783. The topological polar surface area (TPSA) is 0 Å². The first-order valence-corrected chi connectivity index (χ1v) is 14.7. The molecule has 0 bridgehead atoms. The zero-order chi connectivity index (χ0) is 22.3. The Bertz CT molecular complexity index is 308. The van der Waals surface area contributed by atoms with Gasteiger partial charge in [0, 0.05) is 4.87 Å². The third-order valence-corrected chi connectivity index (χ3v) is 7.85. The zero-order valence-electron chi connectivity index (χ0n) is 21.7. The van der Waals surface area contributed by atoms with Gasteiger partial charge in [-0.3, -0.25) is 0 Å². The van der Waals surface area contributed by atoms with Crippen LogP contribution >= 0.6 is 11.6 Å².